The SMILES string of the molecule is Cc1cc(C)cc(-c2n[nH]c(=S)n2C)c1. The summed E-state index contributed by atoms with van der Waals surface area (Å²) in [5.74, 6) is 0.881. The van der Waals surface area contributed by atoms with Gasteiger partial charge in [0.15, 0.2) is 10.6 Å². The predicted molar refractivity (Wildman–Crippen MR) is 63.3 cm³/mol. The van der Waals surface area contributed by atoms with Crippen LogP contribution in [0.1, 0.15) is 11.1 Å². The van der Waals surface area contributed by atoms with Gasteiger partial charge in [0.05, 0.1) is 0 Å². The lowest BCUT2D eigenvalue weighted by Gasteiger charge is -2.03. The van der Waals surface area contributed by atoms with Gasteiger partial charge in [-0.1, -0.05) is 17.2 Å². The lowest BCUT2D eigenvalue weighted by Crippen LogP contribution is -1.93. The van der Waals surface area contributed by atoms with Gasteiger partial charge in [0, 0.05) is 12.6 Å². The van der Waals surface area contributed by atoms with Crippen LogP contribution in [0.25, 0.3) is 11.4 Å². The van der Waals surface area contributed by atoms with Crippen LogP contribution in [0.2, 0.25) is 0 Å². The molecule has 0 atom stereocenters. The molecule has 0 aliphatic rings. The Morgan fingerprint density at radius 3 is 2.27 bits per heavy atom. The number of aromatic amines is 1. The molecule has 0 saturated heterocycles. The third-order valence-corrected chi connectivity index (χ3v) is 2.72. The Morgan fingerprint density at radius 2 is 1.80 bits per heavy atom. The van der Waals surface area contributed by atoms with Crippen molar-refractivity contribution in [1.29, 1.82) is 0 Å². The third-order valence-electron chi connectivity index (χ3n) is 2.36. The molecule has 0 unspecified atom stereocenters. The standard InChI is InChI=1S/C11H13N3S/c1-7-4-8(2)6-9(5-7)10-12-13-11(15)14(10)3/h4-6H,1-3H3,(H,13,15). The molecule has 15 heavy (non-hydrogen) atoms. The third kappa shape index (κ3) is 1.85. The van der Waals surface area contributed by atoms with Crippen LogP contribution in [0.15, 0.2) is 18.2 Å². The van der Waals surface area contributed by atoms with Crippen LogP contribution in [-0.2, 0) is 7.05 Å². The Balaban J connectivity index is 2.63. The molecule has 2 aromatic rings. The van der Waals surface area contributed by atoms with Crippen molar-refractivity contribution < 1.29 is 0 Å². The van der Waals surface area contributed by atoms with Crippen molar-refractivity contribution >= 4 is 12.2 Å². The van der Waals surface area contributed by atoms with E-state index < -0.39 is 0 Å². The summed E-state index contributed by atoms with van der Waals surface area (Å²) in [6.45, 7) is 4.16. The monoisotopic (exact) mass is 219 g/mol. The molecule has 1 heterocycles. The largest absolute Gasteiger partial charge is 0.303 e. The Labute approximate surface area is 93.8 Å². The molecule has 0 aliphatic carbocycles. The van der Waals surface area contributed by atoms with E-state index in [0.29, 0.717) is 4.77 Å². The first-order chi connectivity index (χ1) is 7.08. The highest BCUT2D eigenvalue weighted by molar-refractivity contribution is 7.71. The normalized spacial score (nSPS) is 10.6. The smallest absolute Gasteiger partial charge is 0.195 e. The molecular formula is C11H13N3S. The van der Waals surface area contributed by atoms with Crippen LogP contribution in [0.3, 0.4) is 0 Å². The maximum absolute atomic E-state index is 5.08. The molecule has 0 fully saturated rings. The molecule has 78 valence electrons. The molecule has 0 aliphatic heterocycles. The Morgan fingerprint density at radius 1 is 1.20 bits per heavy atom. The highest BCUT2D eigenvalue weighted by Crippen LogP contribution is 2.19. The van der Waals surface area contributed by atoms with Gasteiger partial charge in [-0.05, 0) is 38.2 Å². The van der Waals surface area contributed by atoms with Crippen molar-refractivity contribution in [2.24, 2.45) is 7.05 Å². The van der Waals surface area contributed by atoms with Crippen LogP contribution in [0.5, 0.6) is 0 Å². The van der Waals surface area contributed by atoms with E-state index in [1.807, 2.05) is 11.6 Å². The minimum Gasteiger partial charge on any atom is -0.303 e. The highest BCUT2D eigenvalue weighted by atomic mass is 32.1. The summed E-state index contributed by atoms with van der Waals surface area (Å²) in [6.07, 6.45) is 0. The van der Waals surface area contributed by atoms with Crippen molar-refractivity contribution in [2.75, 3.05) is 0 Å². The van der Waals surface area contributed by atoms with Gasteiger partial charge < -0.3 is 4.57 Å². The second-order valence-corrected chi connectivity index (χ2v) is 4.17. The van der Waals surface area contributed by atoms with Crippen LogP contribution >= 0.6 is 12.2 Å². The van der Waals surface area contributed by atoms with Crippen molar-refractivity contribution in [3.63, 3.8) is 0 Å². The Bertz CT molecular complexity index is 531. The van der Waals surface area contributed by atoms with Gasteiger partial charge in [-0.3, -0.25) is 5.10 Å². The first kappa shape index (κ1) is 10.1. The number of H-pyrrole nitrogens is 1. The van der Waals surface area contributed by atoms with E-state index in [4.69, 9.17) is 12.2 Å². The molecule has 1 aromatic carbocycles. The molecule has 0 spiro atoms. The topological polar surface area (TPSA) is 33.6 Å². The van der Waals surface area contributed by atoms with E-state index in [2.05, 4.69) is 42.2 Å². The van der Waals surface area contributed by atoms with Gasteiger partial charge in [0.25, 0.3) is 0 Å². The van der Waals surface area contributed by atoms with Crippen molar-refractivity contribution in [3.8, 4) is 11.4 Å². The second-order valence-electron chi connectivity index (χ2n) is 3.79. The van der Waals surface area contributed by atoms with Gasteiger partial charge in [-0.2, -0.15) is 5.10 Å². The number of benzene rings is 1. The fourth-order valence-electron chi connectivity index (χ4n) is 1.71. The molecule has 1 N–H and O–H groups in total. The van der Waals surface area contributed by atoms with Gasteiger partial charge in [-0.15, -0.1) is 0 Å². The van der Waals surface area contributed by atoms with Gasteiger partial charge >= 0.3 is 0 Å². The summed E-state index contributed by atoms with van der Waals surface area (Å²) >= 11 is 5.08. The highest BCUT2D eigenvalue weighted by Gasteiger charge is 2.05. The van der Waals surface area contributed by atoms with Gasteiger partial charge in [-0.25, -0.2) is 0 Å². The molecule has 0 amide bonds. The van der Waals surface area contributed by atoms with E-state index in [0.717, 1.165) is 11.4 Å². The number of hydrogen-bond donors (Lipinski definition) is 1. The number of aromatic nitrogens is 3. The molecule has 0 radical (unpaired) electrons. The van der Waals surface area contributed by atoms with Gasteiger partial charge in [0.1, 0.15) is 0 Å². The van der Waals surface area contributed by atoms with E-state index >= 15 is 0 Å². The number of nitrogens with one attached hydrogen (secondary N) is 1. The fraction of sp³-hybridized carbons (Fsp3) is 0.273. The van der Waals surface area contributed by atoms with Gasteiger partial charge in [0.2, 0.25) is 0 Å². The maximum atomic E-state index is 5.08. The molecule has 3 nitrogen and oxygen atoms in total. The first-order valence-electron chi connectivity index (χ1n) is 4.78. The molecule has 0 saturated carbocycles. The zero-order valence-corrected chi connectivity index (χ0v) is 9.85. The predicted octanol–water partition coefficient (Wildman–Crippen LogP) is 2.76. The average molecular weight is 219 g/mol. The fourth-order valence-corrected chi connectivity index (χ4v) is 1.84. The summed E-state index contributed by atoms with van der Waals surface area (Å²) in [4.78, 5) is 0. The zero-order chi connectivity index (χ0) is 11.0. The summed E-state index contributed by atoms with van der Waals surface area (Å²) < 4.78 is 2.52. The second kappa shape index (κ2) is 3.62. The Hall–Kier alpha value is -1.42. The summed E-state index contributed by atoms with van der Waals surface area (Å²) in [5, 5.41) is 7.00. The van der Waals surface area contributed by atoms with Crippen molar-refractivity contribution in [3.05, 3.63) is 34.1 Å². The molecule has 1 aromatic heterocycles. The number of aryl methyl sites for hydroxylation is 2. The number of hydrogen-bond acceptors (Lipinski definition) is 2. The molecular weight excluding hydrogens is 206 g/mol. The average Bonchev–Trinajstić information content (AvgIpc) is 2.46. The van der Waals surface area contributed by atoms with Crippen molar-refractivity contribution in [1.82, 2.24) is 14.8 Å². The molecule has 2 rings (SSSR count). The van der Waals surface area contributed by atoms with E-state index in [1.54, 1.807) is 0 Å². The summed E-state index contributed by atoms with van der Waals surface area (Å²) in [5.41, 5.74) is 3.57. The maximum Gasteiger partial charge on any atom is 0.195 e. The molecule has 0 bridgehead atoms. The minimum absolute atomic E-state index is 0.643. The quantitative estimate of drug-likeness (QED) is 0.748. The number of nitrogens with zero attached hydrogens (tertiary/aromatic N) is 2. The van der Waals surface area contributed by atoms with E-state index in [-0.39, 0.29) is 0 Å². The first-order valence-corrected chi connectivity index (χ1v) is 5.19. The van der Waals surface area contributed by atoms with Crippen LogP contribution in [0, 0.1) is 18.6 Å². The minimum atomic E-state index is 0.643. The molecule has 4 heteroatoms. The Kier molecular flexibility index (Phi) is 2.44. The lowest BCUT2D eigenvalue weighted by atomic mass is 10.1. The summed E-state index contributed by atoms with van der Waals surface area (Å²) in [6, 6.07) is 6.36. The van der Waals surface area contributed by atoms with E-state index in [9.17, 15) is 0 Å². The van der Waals surface area contributed by atoms with E-state index in [1.165, 1.54) is 11.1 Å². The van der Waals surface area contributed by atoms with Crippen molar-refractivity contribution in [2.45, 2.75) is 13.8 Å². The number of rotatable bonds is 1. The lowest BCUT2D eigenvalue weighted by molar-refractivity contribution is 0.901. The zero-order valence-electron chi connectivity index (χ0n) is 9.03. The van der Waals surface area contributed by atoms with Crippen LogP contribution in [-0.4, -0.2) is 14.8 Å². The van der Waals surface area contributed by atoms with Crippen LogP contribution in [0.4, 0.5) is 0 Å². The van der Waals surface area contributed by atoms with Crippen LogP contribution < -0.4 is 0 Å². The summed E-state index contributed by atoms with van der Waals surface area (Å²) in [7, 11) is 1.92.